The fourth-order valence-corrected chi connectivity index (χ4v) is 6.17. The number of sulfonamides is 1. The highest BCUT2D eigenvalue weighted by atomic mass is 35.5. The largest absolute Gasteiger partial charge is 0.350 e. The van der Waals surface area contributed by atoms with Crippen molar-refractivity contribution in [3.8, 4) is 0 Å². The van der Waals surface area contributed by atoms with E-state index in [4.69, 9.17) is 23.2 Å². The van der Waals surface area contributed by atoms with E-state index in [0.29, 0.717) is 26.9 Å². The summed E-state index contributed by atoms with van der Waals surface area (Å²) in [6.45, 7) is 12.1. The highest BCUT2D eigenvalue weighted by molar-refractivity contribution is 7.92. The topological polar surface area (TPSA) is 86.8 Å². The minimum atomic E-state index is -4.16. The van der Waals surface area contributed by atoms with Gasteiger partial charge in [-0.05, 0) is 95.5 Å². The molecular formula is C31H37Cl2N3O4S. The first kappa shape index (κ1) is 32.4. The summed E-state index contributed by atoms with van der Waals surface area (Å²) in [5, 5.41) is 3.67. The molecule has 0 fully saturated rings. The number of hydrogen-bond donors (Lipinski definition) is 1. The van der Waals surface area contributed by atoms with E-state index in [0.717, 1.165) is 15.4 Å². The Morgan fingerprint density at radius 1 is 0.902 bits per heavy atom. The molecule has 3 aromatic carbocycles. The van der Waals surface area contributed by atoms with Crippen LogP contribution in [0.1, 0.15) is 49.9 Å². The summed E-state index contributed by atoms with van der Waals surface area (Å²) >= 11 is 12.5. The van der Waals surface area contributed by atoms with Gasteiger partial charge in [0.25, 0.3) is 10.0 Å². The third-order valence-electron chi connectivity index (χ3n) is 6.54. The maximum Gasteiger partial charge on any atom is 0.264 e. The van der Waals surface area contributed by atoms with Gasteiger partial charge in [0.2, 0.25) is 11.8 Å². The van der Waals surface area contributed by atoms with E-state index in [1.807, 2.05) is 46.8 Å². The Bertz CT molecular complexity index is 1530. The van der Waals surface area contributed by atoms with Crippen LogP contribution in [0.5, 0.6) is 0 Å². The summed E-state index contributed by atoms with van der Waals surface area (Å²) in [6.07, 6.45) is 0. The minimum absolute atomic E-state index is 0.0290. The van der Waals surface area contributed by atoms with Gasteiger partial charge in [0.15, 0.2) is 0 Å². The summed E-state index contributed by atoms with van der Waals surface area (Å²) in [7, 11) is -4.16. The Hall–Kier alpha value is -3.07. The van der Waals surface area contributed by atoms with E-state index in [1.165, 1.54) is 17.0 Å². The zero-order valence-corrected chi connectivity index (χ0v) is 26.8. The number of aryl methyl sites for hydroxylation is 3. The van der Waals surface area contributed by atoms with Gasteiger partial charge >= 0.3 is 0 Å². The third kappa shape index (κ3) is 8.24. The summed E-state index contributed by atoms with van der Waals surface area (Å²) in [6, 6.07) is 15.9. The summed E-state index contributed by atoms with van der Waals surface area (Å²) in [4.78, 5) is 28.8. The zero-order valence-electron chi connectivity index (χ0n) is 24.5. The number of halogens is 2. The first-order valence-electron chi connectivity index (χ1n) is 13.2. The number of hydrogen-bond acceptors (Lipinski definition) is 4. The number of carbonyl (C=O) groups excluding carboxylic acids is 2. The number of nitrogens with zero attached hydrogens (tertiary/aromatic N) is 2. The molecule has 0 radical (unpaired) electrons. The average Bonchev–Trinajstić information content (AvgIpc) is 2.87. The molecule has 3 aromatic rings. The molecule has 0 saturated carbocycles. The summed E-state index contributed by atoms with van der Waals surface area (Å²) in [5.41, 5.74) is 2.84. The van der Waals surface area contributed by atoms with Crippen LogP contribution in [0.4, 0.5) is 5.69 Å². The fourth-order valence-electron chi connectivity index (χ4n) is 4.23. The lowest BCUT2D eigenvalue weighted by atomic mass is 10.1. The van der Waals surface area contributed by atoms with Crippen LogP contribution in [-0.2, 0) is 26.2 Å². The lowest BCUT2D eigenvalue weighted by Crippen LogP contribution is -2.54. The van der Waals surface area contributed by atoms with Crippen LogP contribution in [-0.4, -0.2) is 43.3 Å². The quantitative estimate of drug-likeness (QED) is 0.299. The number of amides is 2. The second-order valence-electron chi connectivity index (χ2n) is 11.3. The van der Waals surface area contributed by atoms with Crippen molar-refractivity contribution >= 4 is 50.7 Å². The van der Waals surface area contributed by atoms with Crippen LogP contribution in [0.25, 0.3) is 0 Å². The molecule has 220 valence electrons. The van der Waals surface area contributed by atoms with Crippen molar-refractivity contribution in [1.29, 1.82) is 0 Å². The molecule has 0 aliphatic rings. The Balaban J connectivity index is 2.10. The molecule has 0 heterocycles. The minimum Gasteiger partial charge on any atom is -0.350 e. The van der Waals surface area contributed by atoms with E-state index in [9.17, 15) is 18.0 Å². The Labute approximate surface area is 253 Å². The van der Waals surface area contributed by atoms with Crippen LogP contribution < -0.4 is 9.62 Å². The molecule has 0 aromatic heterocycles. The molecule has 7 nitrogen and oxygen atoms in total. The number of nitrogens with one attached hydrogen (secondary N) is 1. The van der Waals surface area contributed by atoms with Gasteiger partial charge in [0, 0.05) is 22.1 Å². The van der Waals surface area contributed by atoms with Gasteiger partial charge in [-0.2, -0.15) is 0 Å². The lowest BCUT2D eigenvalue weighted by molar-refractivity contribution is -0.140. The van der Waals surface area contributed by atoms with Gasteiger partial charge in [-0.3, -0.25) is 13.9 Å². The van der Waals surface area contributed by atoms with Crippen molar-refractivity contribution in [2.75, 3.05) is 10.8 Å². The van der Waals surface area contributed by atoms with Crippen molar-refractivity contribution < 1.29 is 18.0 Å². The van der Waals surface area contributed by atoms with Gasteiger partial charge in [0.1, 0.15) is 12.6 Å². The van der Waals surface area contributed by atoms with Crippen molar-refractivity contribution in [2.45, 2.75) is 71.5 Å². The predicted molar refractivity (Wildman–Crippen MR) is 166 cm³/mol. The van der Waals surface area contributed by atoms with Crippen LogP contribution in [0.2, 0.25) is 10.0 Å². The second kappa shape index (κ2) is 12.8. The molecule has 0 spiro atoms. The lowest BCUT2D eigenvalue weighted by Gasteiger charge is -2.34. The molecular weight excluding hydrogens is 581 g/mol. The van der Waals surface area contributed by atoms with Gasteiger partial charge in [-0.1, -0.05) is 59.1 Å². The highest BCUT2D eigenvalue weighted by Crippen LogP contribution is 2.29. The SMILES string of the molecule is Cc1ccc(S(=O)(=O)N(CC(=O)N(Cc2ccc(Cl)cc2Cl)C(C)C(=O)NC(C)(C)C)c2cc(C)ccc2C)cc1. The van der Waals surface area contributed by atoms with Gasteiger partial charge in [-0.25, -0.2) is 8.42 Å². The predicted octanol–water partition coefficient (Wildman–Crippen LogP) is 6.45. The maximum absolute atomic E-state index is 14.1. The Morgan fingerprint density at radius 2 is 1.51 bits per heavy atom. The average molecular weight is 619 g/mol. The molecule has 3 rings (SSSR count). The van der Waals surface area contributed by atoms with Crippen molar-refractivity contribution in [3.05, 3.63) is 93.0 Å². The molecule has 0 aliphatic carbocycles. The molecule has 1 unspecified atom stereocenters. The maximum atomic E-state index is 14.1. The Kier molecular flexibility index (Phi) is 10.2. The fraction of sp³-hybridized carbons (Fsp3) is 0.355. The molecule has 1 atom stereocenters. The molecule has 41 heavy (non-hydrogen) atoms. The van der Waals surface area contributed by atoms with Gasteiger partial charge < -0.3 is 10.2 Å². The van der Waals surface area contributed by atoms with E-state index < -0.39 is 34.1 Å². The third-order valence-corrected chi connectivity index (χ3v) is 8.90. The van der Waals surface area contributed by atoms with Gasteiger partial charge in [-0.15, -0.1) is 0 Å². The monoisotopic (exact) mass is 617 g/mol. The molecule has 0 saturated heterocycles. The number of rotatable bonds is 9. The van der Waals surface area contributed by atoms with Gasteiger partial charge in [0.05, 0.1) is 10.6 Å². The smallest absolute Gasteiger partial charge is 0.264 e. The van der Waals surface area contributed by atoms with Crippen LogP contribution in [0.15, 0.2) is 65.6 Å². The van der Waals surface area contributed by atoms with Crippen molar-refractivity contribution in [3.63, 3.8) is 0 Å². The van der Waals surface area contributed by atoms with Crippen LogP contribution in [0.3, 0.4) is 0 Å². The summed E-state index contributed by atoms with van der Waals surface area (Å²) in [5.74, 6) is -0.945. The van der Waals surface area contributed by atoms with Crippen molar-refractivity contribution in [1.82, 2.24) is 10.2 Å². The van der Waals surface area contributed by atoms with Crippen molar-refractivity contribution in [2.24, 2.45) is 0 Å². The first-order valence-corrected chi connectivity index (χ1v) is 15.4. The van der Waals surface area contributed by atoms with E-state index in [1.54, 1.807) is 50.2 Å². The molecule has 1 N–H and O–H groups in total. The number of benzene rings is 3. The van der Waals surface area contributed by atoms with E-state index in [2.05, 4.69) is 5.32 Å². The van der Waals surface area contributed by atoms with E-state index in [-0.39, 0.29) is 17.3 Å². The van der Waals surface area contributed by atoms with Crippen LogP contribution >= 0.6 is 23.2 Å². The molecule has 0 aliphatic heterocycles. The molecule has 10 heteroatoms. The van der Waals surface area contributed by atoms with E-state index >= 15 is 0 Å². The number of carbonyl (C=O) groups is 2. The first-order chi connectivity index (χ1) is 19.0. The van der Waals surface area contributed by atoms with Crippen LogP contribution in [0, 0.1) is 20.8 Å². The number of anilines is 1. The zero-order chi connectivity index (χ0) is 30.7. The summed E-state index contributed by atoms with van der Waals surface area (Å²) < 4.78 is 29.2. The second-order valence-corrected chi connectivity index (χ2v) is 14.0. The molecule has 2 amide bonds. The standard InChI is InChI=1S/C31H37Cl2N3O4S/c1-20-9-14-26(15-10-20)41(39,40)36(28-16-21(2)8-11-22(28)3)19-29(37)35(23(4)30(38)34-31(5,6)7)18-24-12-13-25(32)17-27(24)33/h8-17,23H,18-19H2,1-7H3,(H,34,38). The highest BCUT2D eigenvalue weighted by Gasteiger charge is 2.34. The normalized spacial score (nSPS) is 12.5. The molecule has 0 bridgehead atoms. The Morgan fingerprint density at radius 3 is 2.10 bits per heavy atom.